The molecule has 1 heterocycles. The number of carbonyl (C=O) groups excluding carboxylic acids is 3. The van der Waals surface area contributed by atoms with Crippen LogP contribution in [-0.4, -0.2) is 62.8 Å². The molecule has 1 aliphatic rings. The molecule has 1 saturated heterocycles. The summed E-state index contributed by atoms with van der Waals surface area (Å²) in [7, 11) is 2.52. The van der Waals surface area contributed by atoms with Crippen LogP contribution in [0.15, 0.2) is 0 Å². The Balaban J connectivity index is 2.58. The number of nitrogens with zero attached hydrogens (tertiary/aromatic N) is 1. The lowest BCUT2D eigenvalue weighted by atomic mass is 10.2. The van der Waals surface area contributed by atoms with Crippen molar-refractivity contribution in [2.75, 3.05) is 33.9 Å². The number of ether oxygens (including phenoxy) is 3. The molecule has 1 rings (SSSR count). The van der Waals surface area contributed by atoms with E-state index in [1.165, 1.54) is 19.1 Å². The standard InChI is InChI=1S/C12H19NO6/c1-17-10(14)5-6-13(8-11(15)18-2)12(16)9-4-3-7-19-9/h9H,3-8H2,1-2H3. The maximum absolute atomic E-state index is 12.1. The van der Waals surface area contributed by atoms with Crippen LogP contribution in [0.2, 0.25) is 0 Å². The van der Waals surface area contributed by atoms with Gasteiger partial charge >= 0.3 is 11.9 Å². The summed E-state index contributed by atoms with van der Waals surface area (Å²) in [6, 6.07) is 0. The number of carbonyl (C=O) groups is 3. The number of amides is 1. The number of hydrogen-bond acceptors (Lipinski definition) is 6. The van der Waals surface area contributed by atoms with Gasteiger partial charge in [-0.1, -0.05) is 0 Å². The molecule has 0 radical (unpaired) electrons. The first-order valence-electron chi connectivity index (χ1n) is 6.12. The second kappa shape index (κ2) is 7.73. The van der Waals surface area contributed by atoms with Gasteiger partial charge < -0.3 is 19.1 Å². The van der Waals surface area contributed by atoms with Crippen LogP contribution in [0, 0.1) is 0 Å². The summed E-state index contributed by atoms with van der Waals surface area (Å²) in [6.07, 6.45) is 0.961. The van der Waals surface area contributed by atoms with Crippen LogP contribution in [0.25, 0.3) is 0 Å². The molecule has 19 heavy (non-hydrogen) atoms. The zero-order valence-electron chi connectivity index (χ0n) is 11.2. The fraction of sp³-hybridized carbons (Fsp3) is 0.750. The van der Waals surface area contributed by atoms with Crippen molar-refractivity contribution in [3.8, 4) is 0 Å². The number of rotatable bonds is 6. The first-order valence-corrected chi connectivity index (χ1v) is 6.12. The van der Waals surface area contributed by atoms with Crippen LogP contribution in [0.4, 0.5) is 0 Å². The first-order chi connectivity index (χ1) is 9.08. The van der Waals surface area contributed by atoms with Gasteiger partial charge in [-0.2, -0.15) is 0 Å². The van der Waals surface area contributed by atoms with Gasteiger partial charge in [0.1, 0.15) is 12.6 Å². The molecule has 1 unspecified atom stereocenters. The fourth-order valence-corrected chi connectivity index (χ4v) is 1.79. The van der Waals surface area contributed by atoms with Gasteiger partial charge in [-0.15, -0.1) is 0 Å². The summed E-state index contributed by atoms with van der Waals surface area (Å²) in [5, 5.41) is 0. The van der Waals surface area contributed by atoms with Crippen molar-refractivity contribution < 1.29 is 28.6 Å². The van der Waals surface area contributed by atoms with Crippen molar-refractivity contribution in [1.82, 2.24) is 4.90 Å². The molecule has 0 aromatic carbocycles. The SMILES string of the molecule is COC(=O)CCN(CC(=O)OC)C(=O)C1CCCO1. The van der Waals surface area contributed by atoms with E-state index in [-0.39, 0.29) is 25.4 Å². The minimum Gasteiger partial charge on any atom is -0.469 e. The smallest absolute Gasteiger partial charge is 0.325 e. The highest BCUT2D eigenvalue weighted by Gasteiger charge is 2.29. The molecule has 7 nitrogen and oxygen atoms in total. The predicted octanol–water partition coefficient (Wildman–Crippen LogP) is -0.270. The van der Waals surface area contributed by atoms with Crippen molar-refractivity contribution in [2.45, 2.75) is 25.4 Å². The highest BCUT2D eigenvalue weighted by Crippen LogP contribution is 2.15. The van der Waals surface area contributed by atoms with E-state index < -0.39 is 18.0 Å². The third-order valence-electron chi connectivity index (χ3n) is 2.88. The molecule has 108 valence electrons. The number of esters is 2. The second-order valence-corrected chi connectivity index (χ2v) is 4.16. The Morgan fingerprint density at radius 3 is 2.42 bits per heavy atom. The van der Waals surface area contributed by atoms with Crippen LogP contribution < -0.4 is 0 Å². The van der Waals surface area contributed by atoms with Gasteiger partial charge in [0.05, 0.1) is 20.6 Å². The molecule has 0 N–H and O–H groups in total. The molecule has 1 atom stereocenters. The number of methoxy groups -OCH3 is 2. The molecule has 0 aromatic heterocycles. The van der Waals surface area contributed by atoms with Crippen molar-refractivity contribution in [3.63, 3.8) is 0 Å². The van der Waals surface area contributed by atoms with Crippen molar-refractivity contribution in [3.05, 3.63) is 0 Å². The average molecular weight is 273 g/mol. The predicted molar refractivity (Wildman–Crippen MR) is 64.2 cm³/mol. The topological polar surface area (TPSA) is 82.1 Å². The van der Waals surface area contributed by atoms with E-state index in [0.717, 1.165) is 6.42 Å². The quantitative estimate of drug-likeness (QED) is 0.620. The Hall–Kier alpha value is -1.63. The molecular formula is C12H19NO6. The Morgan fingerprint density at radius 1 is 1.21 bits per heavy atom. The molecule has 7 heteroatoms. The summed E-state index contributed by atoms with van der Waals surface area (Å²) in [6.45, 7) is 0.464. The highest BCUT2D eigenvalue weighted by atomic mass is 16.5. The molecule has 1 fully saturated rings. The van der Waals surface area contributed by atoms with Crippen molar-refractivity contribution >= 4 is 17.8 Å². The minimum atomic E-state index is -0.531. The summed E-state index contributed by atoms with van der Waals surface area (Å²) in [4.78, 5) is 35.8. The molecule has 1 aliphatic heterocycles. The van der Waals surface area contributed by atoms with Gasteiger partial charge in [0.15, 0.2) is 0 Å². The second-order valence-electron chi connectivity index (χ2n) is 4.16. The van der Waals surface area contributed by atoms with Gasteiger partial charge in [-0.25, -0.2) is 0 Å². The van der Waals surface area contributed by atoms with E-state index in [0.29, 0.717) is 13.0 Å². The van der Waals surface area contributed by atoms with E-state index >= 15 is 0 Å². The van der Waals surface area contributed by atoms with E-state index in [1.54, 1.807) is 0 Å². The Bertz CT molecular complexity index is 337. The van der Waals surface area contributed by atoms with E-state index in [1.807, 2.05) is 0 Å². The zero-order valence-corrected chi connectivity index (χ0v) is 11.2. The molecule has 1 amide bonds. The third-order valence-corrected chi connectivity index (χ3v) is 2.88. The van der Waals surface area contributed by atoms with Crippen LogP contribution in [0.3, 0.4) is 0 Å². The Labute approximate surface area is 111 Å². The molecule has 0 aromatic rings. The Morgan fingerprint density at radius 2 is 1.89 bits per heavy atom. The van der Waals surface area contributed by atoms with E-state index in [4.69, 9.17) is 4.74 Å². The average Bonchev–Trinajstić information content (AvgIpc) is 2.95. The van der Waals surface area contributed by atoms with Gasteiger partial charge in [0, 0.05) is 13.2 Å². The normalized spacial score (nSPS) is 17.9. The van der Waals surface area contributed by atoms with Crippen molar-refractivity contribution in [1.29, 1.82) is 0 Å². The largest absolute Gasteiger partial charge is 0.469 e. The maximum Gasteiger partial charge on any atom is 0.325 e. The lowest BCUT2D eigenvalue weighted by Crippen LogP contribution is -2.43. The maximum atomic E-state index is 12.1. The molecule has 0 bridgehead atoms. The fourth-order valence-electron chi connectivity index (χ4n) is 1.79. The first kappa shape index (κ1) is 15.4. The van der Waals surface area contributed by atoms with Crippen LogP contribution in [-0.2, 0) is 28.6 Å². The zero-order chi connectivity index (χ0) is 14.3. The Kier molecular flexibility index (Phi) is 6.27. The number of hydrogen-bond donors (Lipinski definition) is 0. The summed E-state index contributed by atoms with van der Waals surface area (Å²) in [5.41, 5.74) is 0. The minimum absolute atomic E-state index is 0.0337. The lowest BCUT2D eigenvalue weighted by Gasteiger charge is -2.23. The monoisotopic (exact) mass is 273 g/mol. The third kappa shape index (κ3) is 4.86. The van der Waals surface area contributed by atoms with Crippen LogP contribution in [0.1, 0.15) is 19.3 Å². The summed E-state index contributed by atoms with van der Waals surface area (Å²) < 4.78 is 14.3. The molecular weight excluding hydrogens is 254 g/mol. The van der Waals surface area contributed by atoms with Gasteiger partial charge in [0.2, 0.25) is 0 Å². The van der Waals surface area contributed by atoms with Gasteiger partial charge in [-0.05, 0) is 12.8 Å². The van der Waals surface area contributed by atoms with Gasteiger partial charge in [-0.3, -0.25) is 14.4 Å². The van der Waals surface area contributed by atoms with Crippen molar-refractivity contribution in [2.24, 2.45) is 0 Å². The molecule has 0 saturated carbocycles. The highest BCUT2D eigenvalue weighted by molar-refractivity contribution is 5.85. The summed E-state index contributed by atoms with van der Waals surface area (Å²) >= 11 is 0. The summed E-state index contributed by atoms with van der Waals surface area (Å²) in [5.74, 6) is -1.25. The molecule has 0 spiro atoms. The van der Waals surface area contributed by atoms with Crippen LogP contribution >= 0.6 is 0 Å². The van der Waals surface area contributed by atoms with Crippen LogP contribution in [0.5, 0.6) is 0 Å². The van der Waals surface area contributed by atoms with Gasteiger partial charge in [0.25, 0.3) is 5.91 Å². The van der Waals surface area contributed by atoms with E-state index in [9.17, 15) is 14.4 Å². The van der Waals surface area contributed by atoms with E-state index in [2.05, 4.69) is 9.47 Å². The lowest BCUT2D eigenvalue weighted by molar-refractivity contribution is -0.152. The molecule has 0 aliphatic carbocycles.